The van der Waals surface area contributed by atoms with Crippen molar-refractivity contribution in [3.8, 4) is 0 Å². The molecule has 4 heteroatoms. The van der Waals surface area contributed by atoms with Crippen molar-refractivity contribution in [2.24, 2.45) is 0 Å². The lowest BCUT2D eigenvalue weighted by atomic mass is 10.2. The molecule has 0 spiro atoms. The van der Waals surface area contributed by atoms with Gasteiger partial charge in [0, 0.05) is 12.2 Å². The zero-order chi connectivity index (χ0) is 11.7. The Bertz CT molecular complexity index is 507. The van der Waals surface area contributed by atoms with Gasteiger partial charge in [0.2, 0.25) is 0 Å². The van der Waals surface area contributed by atoms with Crippen LogP contribution >= 0.6 is 0 Å². The summed E-state index contributed by atoms with van der Waals surface area (Å²) in [5, 5.41) is 2.83. The summed E-state index contributed by atoms with van der Waals surface area (Å²) in [6.07, 6.45) is 1.63. The number of para-hydroxylation sites is 1. The SMILES string of the molecule is O=C1NCC(c2ccco2)N1c1ccccc1. The molecule has 1 saturated heterocycles. The van der Waals surface area contributed by atoms with Crippen molar-refractivity contribution in [1.29, 1.82) is 0 Å². The first-order valence-corrected chi connectivity index (χ1v) is 5.52. The van der Waals surface area contributed by atoms with Crippen molar-refractivity contribution in [1.82, 2.24) is 5.32 Å². The van der Waals surface area contributed by atoms with E-state index in [2.05, 4.69) is 5.32 Å². The molecule has 2 heterocycles. The third-order valence-corrected chi connectivity index (χ3v) is 2.88. The Morgan fingerprint density at radius 3 is 2.71 bits per heavy atom. The van der Waals surface area contributed by atoms with Crippen LogP contribution in [0.25, 0.3) is 0 Å². The van der Waals surface area contributed by atoms with Gasteiger partial charge in [-0.25, -0.2) is 4.79 Å². The minimum absolute atomic E-state index is 0.0695. The minimum atomic E-state index is -0.0856. The Morgan fingerprint density at radius 1 is 1.18 bits per heavy atom. The average Bonchev–Trinajstić information content (AvgIpc) is 2.98. The summed E-state index contributed by atoms with van der Waals surface area (Å²) in [7, 11) is 0. The van der Waals surface area contributed by atoms with Crippen molar-refractivity contribution in [3.63, 3.8) is 0 Å². The Kier molecular flexibility index (Phi) is 2.33. The molecule has 1 unspecified atom stereocenters. The fourth-order valence-electron chi connectivity index (χ4n) is 2.10. The minimum Gasteiger partial charge on any atom is -0.467 e. The first-order valence-electron chi connectivity index (χ1n) is 5.52. The van der Waals surface area contributed by atoms with E-state index in [0.717, 1.165) is 11.4 Å². The molecular formula is C13H12N2O2. The maximum absolute atomic E-state index is 11.9. The Hall–Kier alpha value is -2.23. The number of nitrogens with zero attached hydrogens (tertiary/aromatic N) is 1. The molecule has 1 aliphatic heterocycles. The highest BCUT2D eigenvalue weighted by molar-refractivity contribution is 5.95. The number of amides is 2. The number of rotatable bonds is 2. The van der Waals surface area contributed by atoms with Crippen LogP contribution in [0.15, 0.2) is 53.1 Å². The van der Waals surface area contributed by atoms with Gasteiger partial charge in [-0.2, -0.15) is 0 Å². The summed E-state index contributed by atoms with van der Waals surface area (Å²) in [4.78, 5) is 13.6. The van der Waals surface area contributed by atoms with Crippen molar-refractivity contribution in [2.45, 2.75) is 6.04 Å². The fraction of sp³-hybridized carbons (Fsp3) is 0.154. The third-order valence-electron chi connectivity index (χ3n) is 2.88. The van der Waals surface area contributed by atoms with Gasteiger partial charge in [0.05, 0.1) is 6.26 Å². The smallest absolute Gasteiger partial charge is 0.322 e. The summed E-state index contributed by atoms with van der Waals surface area (Å²) < 4.78 is 5.38. The van der Waals surface area contributed by atoms with Crippen LogP contribution in [0.2, 0.25) is 0 Å². The summed E-state index contributed by atoms with van der Waals surface area (Å²) in [6, 6.07) is 13.2. The molecule has 1 N–H and O–H groups in total. The van der Waals surface area contributed by atoms with Crippen LogP contribution in [0.1, 0.15) is 11.8 Å². The summed E-state index contributed by atoms with van der Waals surface area (Å²) >= 11 is 0. The van der Waals surface area contributed by atoms with E-state index in [9.17, 15) is 4.79 Å². The van der Waals surface area contributed by atoms with Gasteiger partial charge in [-0.05, 0) is 24.3 Å². The van der Waals surface area contributed by atoms with Crippen molar-refractivity contribution in [3.05, 3.63) is 54.5 Å². The van der Waals surface area contributed by atoms with Crippen LogP contribution in [0.3, 0.4) is 0 Å². The number of furan rings is 1. The molecule has 3 rings (SSSR count). The predicted octanol–water partition coefficient (Wildman–Crippen LogP) is 2.55. The zero-order valence-electron chi connectivity index (χ0n) is 9.17. The van der Waals surface area contributed by atoms with E-state index in [0.29, 0.717) is 6.54 Å². The highest BCUT2D eigenvalue weighted by Gasteiger charge is 2.34. The summed E-state index contributed by atoms with van der Waals surface area (Å²) in [5.74, 6) is 0.798. The van der Waals surface area contributed by atoms with Crippen molar-refractivity contribution >= 4 is 11.7 Å². The van der Waals surface area contributed by atoms with Crippen LogP contribution in [-0.2, 0) is 0 Å². The lowest BCUT2D eigenvalue weighted by Crippen LogP contribution is -2.29. The second-order valence-electron chi connectivity index (χ2n) is 3.92. The van der Waals surface area contributed by atoms with Gasteiger partial charge in [0.1, 0.15) is 11.8 Å². The number of anilines is 1. The van der Waals surface area contributed by atoms with E-state index < -0.39 is 0 Å². The van der Waals surface area contributed by atoms with Crippen LogP contribution in [-0.4, -0.2) is 12.6 Å². The molecule has 1 aromatic heterocycles. The van der Waals surface area contributed by atoms with Crippen molar-refractivity contribution < 1.29 is 9.21 Å². The highest BCUT2D eigenvalue weighted by atomic mass is 16.3. The molecule has 17 heavy (non-hydrogen) atoms. The topological polar surface area (TPSA) is 45.5 Å². The molecule has 86 valence electrons. The molecule has 0 saturated carbocycles. The first kappa shape index (κ1) is 9.96. The number of nitrogens with one attached hydrogen (secondary N) is 1. The number of carbonyl (C=O) groups is 1. The Balaban J connectivity index is 1.98. The van der Waals surface area contributed by atoms with Crippen LogP contribution < -0.4 is 10.2 Å². The molecule has 1 atom stereocenters. The third kappa shape index (κ3) is 1.67. The van der Waals surface area contributed by atoms with Crippen LogP contribution in [0, 0.1) is 0 Å². The average molecular weight is 228 g/mol. The van der Waals surface area contributed by atoms with Crippen molar-refractivity contribution in [2.75, 3.05) is 11.4 Å². The lowest BCUT2D eigenvalue weighted by Gasteiger charge is -2.21. The quantitative estimate of drug-likeness (QED) is 0.858. The maximum atomic E-state index is 11.9. The first-order chi connectivity index (χ1) is 8.36. The van der Waals surface area contributed by atoms with Gasteiger partial charge >= 0.3 is 6.03 Å². The number of hydrogen-bond donors (Lipinski definition) is 1. The molecule has 1 aliphatic rings. The van der Waals surface area contributed by atoms with E-state index in [4.69, 9.17) is 4.42 Å². The molecule has 0 bridgehead atoms. The number of benzene rings is 1. The molecule has 4 nitrogen and oxygen atoms in total. The van der Waals surface area contributed by atoms with Gasteiger partial charge in [0.25, 0.3) is 0 Å². The van der Waals surface area contributed by atoms with Gasteiger partial charge in [-0.1, -0.05) is 18.2 Å². The summed E-state index contributed by atoms with van der Waals surface area (Å²) in [5.41, 5.74) is 0.879. The van der Waals surface area contributed by atoms with Gasteiger partial charge < -0.3 is 9.73 Å². The normalized spacial score (nSPS) is 19.4. The molecule has 2 aromatic rings. The monoisotopic (exact) mass is 228 g/mol. The van der Waals surface area contributed by atoms with Crippen LogP contribution in [0.5, 0.6) is 0 Å². The number of carbonyl (C=O) groups excluding carboxylic acids is 1. The Labute approximate surface area is 98.8 Å². The second kappa shape index (κ2) is 3.97. The van der Waals surface area contributed by atoms with Gasteiger partial charge in [0.15, 0.2) is 0 Å². The molecular weight excluding hydrogens is 216 g/mol. The van der Waals surface area contributed by atoms with E-state index in [1.54, 1.807) is 11.2 Å². The zero-order valence-corrected chi connectivity index (χ0v) is 9.17. The molecule has 0 radical (unpaired) electrons. The molecule has 1 aromatic carbocycles. The predicted molar refractivity (Wildman–Crippen MR) is 63.8 cm³/mol. The van der Waals surface area contributed by atoms with Crippen LogP contribution in [0.4, 0.5) is 10.5 Å². The van der Waals surface area contributed by atoms with E-state index in [-0.39, 0.29) is 12.1 Å². The molecule has 1 fully saturated rings. The maximum Gasteiger partial charge on any atom is 0.322 e. The number of hydrogen-bond acceptors (Lipinski definition) is 2. The Morgan fingerprint density at radius 2 is 2.00 bits per heavy atom. The van der Waals surface area contributed by atoms with Gasteiger partial charge in [-0.3, -0.25) is 4.90 Å². The standard InChI is InChI=1S/C13H12N2O2/c16-13-14-9-11(12-7-4-8-17-12)15(13)10-5-2-1-3-6-10/h1-8,11H,9H2,(H,14,16). The highest BCUT2D eigenvalue weighted by Crippen LogP contribution is 2.30. The lowest BCUT2D eigenvalue weighted by molar-refractivity contribution is 0.251. The largest absolute Gasteiger partial charge is 0.467 e. The second-order valence-corrected chi connectivity index (χ2v) is 3.92. The fourth-order valence-corrected chi connectivity index (χ4v) is 2.10. The summed E-state index contributed by atoms with van der Waals surface area (Å²) in [6.45, 7) is 0.571. The molecule has 2 amide bonds. The van der Waals surface area contributed by atoms with Gasteiger partial charge in [-0.15, -0.1) is 0 Å². The van der Waals surface area contributed by atoms with E-state index in [1.165, 1.54) is 0 Å². The number of urea groups is 1. The van der Waals surface area contributed by atoms with E-state index >= 15 is 0 Å². The molecule has 0 aliphatic carbocycles. The van der Waals surface area contributed by atoms with E-state index in [1.807, 2.05) is 42.5 Å².